The first-order valence-corrected chi connectivity index (χ1v) is 10.2. The molecule has 0 radical (unpaired) electrons. The molecule has 0 saturated carbocycles. The van der Waals surface area contributed by atoms with Crippen LogP contribution in [0.4, 0.5) is 0 Å². The van der Waals surface area contributed by atoms with Crippen LogP contribution in [0.2, 0.25) is 0 Å². The lowest BCUT2D eigenvalue weighted by Gasteiger charge is -2.33. The SMILES string of the molecule is Cc1cc(CN2CCN(C(=O)c3cc4c(nc5sccn54)s3)CC2)on1. The number of aromatic nitrogens is 3. The molecule has 0 unspecified atom stereocenters. The third-order valence-corrected chi connectivity index (χ3v) is 6.43. The summed E-state index contributed by atoms with van der Waals surface area (Å²) in [6.45, 7) is 5.79. The first-order chi connectivity index (χ1) is 12.7. The molecule has 0 aliphatic carbocycles. The van der Waals surface area contributed by atoms with Crippen molar-refractivity contribution in [2.45, 2.75) is 13.5 Å². The highest BCUT2D eigenvalue weighted by Gasteiger charge is 2.25. The maximum absolute atomic E-state index is 12.9. The molecule has 4 aromatic heterocycles. The first-order valence-electron chi connectivity index (χ1n) is 8.46. The van der Waals surface area contributed by atoms with Gasteiger partial charge in [0.2, 0.25) is 0 Å². The summed E-state index contributed by atoms with van der Waals surface area (Å²) in [5, 5.41) is 5.94. The fraction of sp³-hybridized carbons (Fsp3) is 0.353. The van der Waals surface area contributed by atoms with Crippen LogP contribution in [0.1, 0.15) is 21.1 Å². The van der Waals surface area contributed by atoms with Crippen molar-refractivity contribution in [1.82, 2.24) is 24.3 Å². The number of thiophene rings is 1. The molecule has 5 heterocycles. The average Bonchev–Trinajstić information content (AvgIpc) is 3.37. The van der Waals surface area contributed by atoms with Gasteiger partial charge in [0.15, 0.2) is 10.7 Å². The second-order valence-electron chi connectivity index (χ2n) is 6.47. The molecule has 0 spiro atoms. The second kappa shape index (κ2) is 6.19. The van der Waals surface area contributed by atoms with Crippen LogP contribution in [0, 0.1) is 6.92 Å². The lowest BCUT2D eigenvalue weighted by atomic mass is 10.2. The lowest BCUT2D eigenvalue weighted by molar-refractivity contribution is 0.0622. The van der Waals surface area contributed by atoms with E-state index in [4.69, 9.17) is 4.52 Å². The minimum atomic E-state index is 0.104. The van der Waals surface area contributed by atoms with Crippen LogP contribution in [-0.4, -0.2) is 56.4 Å². The number of carbonyl (C=O) groups is 1. The van der Waals surface area contributed by atoms with Gasteiger partial charge in [-0.1, -0.05) is 5.16 Å². The van der Waals surface area contributed by atoms with E-state index in [0.717, 1.165) is 64.4 Å². The van der Waals surface area contributed by atoms with Crippen LogP contribution in [0.5, 0.6) is 0 Å². The summed E-state index contributed by atoms with van der Waals surface area (Å²) in [6.07, 6.45) is 2.00. The zero-order valence-corrected chi connectivity index (χ0v) is 15.8. The molecule has 1 amide bonds. The minimum Gasteiger partial charge on any atom is -0.360 e. The van der Waals surface area contributed by atoms with E-state index in [2.05, 4.69) is 15.0 Å². The number of nitrogens with zero attached hydrogens (tertiary/aromatic N) is 5. The monoisotopic (exact) mass is 387 g/mol. The van der Waals surface area contributed by atoms with Crippen LogP contribution in [0.3, 0.4) is 0 Å². The Morgan fingerprint density at radius 3 is 2.88 bits per heavy atom. The largest absolute Gasteiger partial charge is 0.360 e. The smallest absolute Gasteiger partial charge is 0.264 e. The van der Waals surface area contributed by atoms with Gasteiger partial charge in [-0.2, -0.15) is 0 Å². The number of aryl methyl sites for hydroxylation is 1. The fourth-order valence-electron chi connectivity index (χ4n) is 3.33. The number of hydrogen-bond donors (Lipinski definition) is 0. The van der Waals surface area contributed by atoms with Gasteiger partial charge in [-0.15, -0.1) is 22.7 Å². The highest BCUT2D eigenvalue weighted by atomic mass is 32.1. The zero-order chi connectivity index (χ0) is 17.7. The van der Waals surface area contributed by atoms with Crippen LogP contribution in [0.15, 0.2) is 28.2 Å². The number of piperazine rings is 1. The Hall–Kier alpha value is -2.23. The molecule has 134 valence electrons. The summed E-state index contributed by atoms with van der Waals surface area (Å²) in [5.74, 6) is 0.981. The van der Waals surface area contributed by atoms with Gasteiger partial charge in [0, 0.05) is 43.8 Å². The molecule has 0 bridgehead atoms. The van der Waals surface area contributed by atoms with Crippen molar-refractivity contribution in [2.75, 3.05) is 26.2 Å². The van der Waals surface area contributed by atoms with Crippen molar-refractivity contribution < 1.29 is 9.32 Å². The molecular formula is C17H17N5O2S2. The van der Waals surface area contributed by atoms with E-state index in [0.29, 0.717) is 0 Å². The molecule has 7 nitrogen and oxygen atoms in total. The van der Waals surface area contributed by atoms with Gasteiger partial charge < -0.3 is 9.42 Å². The quantitative estimate of drug-likeness (QED) is 0.541. The zero-order valence-electron chi connectivity index (χ0n) is 14.2. The van der Waals surface area contributed by atoms with E-state index in [1.807, 2.05) is 39.9 Å². The van der Waals surface area contributed by atoms with Gasteiger partial charge in [-0.25, -0.2) is 4.98 Å². The van der Waals surface area contributed by atoms with E-state index < -0.39 is 0 Å². The molecule has 5 rings (SSSR count). The van der Waals surface area contributed by atoms with Crippen molar-refractivity contribution in [2.24, 2.45) is 0 Å². The van der Waals surface area contributed by atoms with Crippen molar-refractivity contribution in [1.29, 1.82) is 0 Å². The van der Waals surface area contributed by atoms with Crippen molar-refractivity contribution >= 4 is 43.9 Å². The van der Waals surface area contributed by atoms with Gasteiger partial charge in [-0.3, -0.25) is 14.1 Å². The molecule has 1 saturated heterocycles. The average molecular weight is 387 g/mol. The molecule has 1 aliphatic heterocycles. The molecule has 0 atom stereocenters. The highest BCUT2D eigenvalue weighted by molar-refractivity contribution is 7.21. The Balaban J connectivity index is 1.27. The Labute approximate surface area is 157 Å². The second-order valence-corrected chi connectivity index (χ2v) is 8.38. The Bertz CT molecular complexity index is 1080. The lowest BCUT2D eigenvalue weighted by Crippen LogP contribution is -2.48. The molecule has 9 heteroatoms. The summed E-state index contributed by atoms with van der Waals surface area (Å²) < 4.78 is 7.33. The highest BCUT2D eigenvalue weighted by Crippen LogP contribution is 2.29. The van der Waals surface area contributed by atoms with Crippen molar-refractivity contribution in [3.8, 4) is 0 Å². The molecule has 26 heavy (non-hydrogen) atoms. The normalized spacial score (nSPS) is 16.1. The standard InChI is InChI=1S/C17H17N5O2S2/c1-11-8-12(24-19-11)10-20-2-4-21(5-3-20)16(23)14-9-13-15(26-14)18-17-22(13)6-7-25-17/h6-9H,2-5,10H2,1H3. The third kappa shape index (κ3) is 2.72. The summed E-state index contributed by atoms with van der Waals surface area (Å²) in [5.41, 5.74) is 1.92. The summed E-state index contributed by atoms with van der Waals surface area (Å²) in [6, 6.07) is 3.93. The maximum atomic E-state index is 12.9. The Kier molecular flexibility index (Phi) is 3.80. The van der Waals surface area contributed by atoms with Gasteiger partial charge in [0.05, 0.1) is 22.6 Å². The fourth-order valence-corrected chi connectivity index (χ4v) is 5.10. The van der Waals surface area contributed by atoms with Crippen LogP contribution in [-0.2, 0) is 6.54 Å². The number of carbonyl (C=O) groups excluding carboxylic acids is 1. The number of imidazole rings is 1. The molecule has 0 aromatic carbocycles. The number of thiazole rings is 1. The summed E-state index contributed by atoms with van der Waals surface area (Å²) >= 11 is 3.09. The maximum Gasteiger partial charge on any atom is 0.264 e. The van der Waals surface area contributed by atoms with E-state index in [1.165, 1.54) is 11.3 Å². The number of fused-ring (bicyclic) bond motifs is 3. The molecule has 4 aromatic rings. The van der Waals surface area contributed by atoms with Crippen molar-refractivity contribution in [3.63, 3.8) is 0 Å². The molecule has 1 fully saturated rings. The number of rotatable bonds is 3. The third-order valence-electron chi connectivity index (χ3n) is 4.67. The van der Waals surface area contributed by atoms with Crippen molar-refractivity contribution in [3.05, 3.63) is 40.0 Å². The van der Waals surface area contributed by atoms with Gasteiger partial charge in [-0.05, 0) is 13.0 Å². The van der Waals surface area contributed by atoms with Gasteiger partial charge in [0.25, 0.3) is 5.91 Å². The summed E-state index contributed by atoms with van der Waals surface area (Å²) in [7, 11) is 0. The van der Waals surface area contributed by atoms with E-state index >= 15 is 0 Å². The van der Waals surface area contributed by atoms with E-state index in [9.17, 15) is 4.79 Å². The van der Waals surface area contributed by atoms with Gasteiger partial charge in [0.1, 0.15) is 4.83 Å². The minimum absolute atomic E-state index is 0.104. The van der Waals surface area contributed by atoms with Crippen LogP contribution in [0.25, 0.3) is 15.3 Å². The van der Waals surface area contributed by atoms with E-state index in [1.54, 1.807) is 11.3 Å². The Morgan fingerprint density at radius 2 is 2.12 bits per heavy atom. The topological polar surface area (TPSA) is 66.9 Å². The predicted molar refractivity (Wildman–Crippen MR) is 101 cm³/mol. The molecule has 1 aliphatic rings. The molecule has 0 N–H and O–H groups in total. The van der Waals surface area contributed by atoms with E-state index in [-0.39, 0.29) is 5.91 Å². The predicted octanol–water partition coefficient (Wildman–Crippen LogP) is 2.86. The first kappa shape index (κ1) is 16.0. The number of amides is 1. The summed E-state index contributed by atoms with van der Waals surface area (Å²) in [4.78, 5) is 24.3. The Morgan fingerprint density at radius 1 is 1.27 bits per heavy atom. The molecular weight excluding hydrogens is 370 g/mol. The van der Waals surface area contributed by atoms with Gasteiger partial charge >= 0.3 is 0 Å². The number of hydrogen-bond acceptors (Lipinski definition) is 7. The van der Waals surface area contributed by atoms with Crippen LogP contribution < -0.4 is 0 Å². The van der Waals surface area contributed by atoms with Crippen LogP contribution >= 0.6 is 22.7 Å².